The highest BCUT2D eigenvalue weighted by atomic mass is 79.9. The molecular formula is C16H12BrClFNO. The van der Waals surface area contributed by atoms with Gasteiger partial charge in [-0.3, -0.25) is 0 Å². The van der Waals surface area contributed by atoms with Crippen molar-refractivity contribution < 1.29 is 9.13 Å². The maximum atomic E-state index is 13.7. The smallest absolute Gasteiger partial charge is 0.148 e. The van der Waals surface area contributed by atoms with E-state index in [4.69, 9.17) is 22.8 Å². The van der Waals surface area contributed by atoms with Crippen molar-refractivity contribution in [1.82, 2.24) is 0 Å². The van der Waals surface area contributed by atoms with Gasteiger partial charge in [0, 0.05) is 16.6 Å². The highest BCUT2D eigenvalue weighted by Crippen LogP contribution is 2.28. The highest BCUT2D eigenvalue weighted by molar-refractivity contribution is 9.10. The topological polar surface area (TPSA) is 21.3 Å². The van der Waals surface area contributed by atoms with Crippen LogP contribution < -0.4 is 10.1 Å². The van der Waals surface area contributed by atoms with Crippen LogP contribution in [0.15, 0.2) is 40.9 Å². The molecule has 108 valence electrons. The van der Waals surface area contributed by atoms with Gasteiger partial charge in [-0.05, 0) is 30.3 Å². The second kappa shape index (κ2) is 7.35. The first kappa shape index (κ1) is 15.7. The molecule has 0 radical (unpaired) electrons. The molecule has 0 amide bonds. The minimum atomic E-state index is -0.399. The first-order valence-electron chi connectivity index (χ1n) is 6.14. The molecule has 0 atom stereocenters. The summed E-state index contributed by atoms with van der Waals surface area (Å²) >= 11 is 9.38. The normalized spacial score (nSPS) is 10.0. The van der Waals surface area contributed by atoms with E-state index in [1.165, 1.54) is 6.07 Å². The molecular weight excluding hydrogens is 357 g/mol. The Morgan fingerprint density at radius 1 is 1.33 bits per heavy atom. The molecule has 21 heavy (non-hydrogen) atoms. The number of ether oxygens (including phenoxy) is 1. The van der Waals surface area contributed by atoms with Crippen LogP contribution in [-0.4, -0.2) is 6.61 Å². The monoisotopic (exact) mass is 367 g/mol. The van der Waals surface area contributed by atoms with Gasteiger partial charge < -0.3 is 10.1 Å². The van der Waals surface area contributed by atoms with Gasteiger partial charge >= 0.3 is 0 Å². The molecule has 2 aromatic carbocycles. The minimum Gasteiger partial charge on any atom is -0.481 e. The van der Waals surface area contributed by atoms with Crippen molar-refractivity contribution >= 4 is 33.2 Å². The number of benzene rings is 2. The Morgan fingerprint density at radius 2 is 2.14 bits per heavy atom. The SMILES string of the molecule is C#CCOc1ccc(Br)cc1CNc1c(F)cccc1Cl. The van der Waals surface area contributed by atoms with Crippen LogP contribution in [-0.2, 0) is 6.54 Å². The molecule has 0 aliphatic rings. The fraction of sp³-hybridized carbons (Fsp3) is 0.125. The molecule has 2 rings (SSSR count). The van der Waals surface area contributed by atoms with Crippen LogP contribution in [0, 0.1) is 18.2 Å². The summed E-state index contributed by atoms with van der Waals surface area (Å²) < 4.78 is 20.1. The fourth-order valence-corrected chi connectivity index (χ4v) is 2.44. The maximum absolute atomic E-state index is 13.7. The number of hydrogen-bond donors (Lipinski definition) is 1. The number of nitrogens with one attached hydrogen (secondary N) is 1. The Morgan fingerprint density at radius 3 is 2.86 bits per heavy atom. The molecule has 0 aromatic heterocycles. The van der Waals surface area contributed by atoms with Gasteiger partial charge in [-0.1, -0.05) is 39.5 Å². The molecule has 0 fully saturated rings. The van der Waals surface area contributed by atoms with Gasteiger partial charge in [-0.25, -0.2) is 4.39 Å². The molecule has 0 bridgehead atoms. The maximum Gasteiger partial charge on any atom is 0.148 e. The molecule has 5 heteroatoms. The van der Waals surface area contributed by atoms with E-state index in [1.54, 1.807) is 18.2 Å². The molecule has 0 saturated heterocycles. The summed E-state index contributed by atoms with van der Waals surface area (Å²) in [5, 5.41) is 3.31. The van der Waals surface area contributed by atoms with Crippen LogP contribution in [0.25, 0.3) is 0 Å². The van der Waals surface area contributed by atoms with Crippen molar-refractivity contribution in [2.75, 3.05) is 11.9 Å². The molecule has 0 aliphatic carbocycles. The molecule has 0 aliphatic heterocycles. The van der Waals surface area contributed by atoms with Crippen molar-refractivity contribution in [1.29, 1.82) is 0 Å². The van der Waals surface area contributed by atoms with E-state index in [-0.39, 0.29) is 12.3 Å². The van der Waals surface area contributed by atoms with Gasteiger partial charge in [0.15, 0.2) is 0 Å². The van der Waals surface area contributed by atoms with E-state index in [0.29, 0.717) is 17.3 Å². The van der Waals surface area contributed by atoms with Crippen molar-refractivity contribution in [3.63, 3.8) is 0 Å². The van der Waals surface area contributed by atoms with E-state index in [2.05, 4.69) is 27.2 Å². The van der Waals surface area contributed by atoms with Gasteiger partial charge in [0.1, 0.15) is 18.2 Å². The van der Waals surface area contributed by atoms with E-state index in [0.717, 1.165) is 10.0 Å². The van der Waals surface area contributed by atoms with Crippen molar-refractivity contribution in [3.8, 4) is 18.1 Å². The molecule has 2 nitrogen and oxygen atoms in total. The van der Waals surface area contributed by atoms with E-state index in [9.17, 15) is 4.39 Å². The first-order chi connectivity index (χ1) is 10.1. The predicted molar refractivity (Wildman–Crippen MR) is 87.2 cm³/mol. The van der Waals surface area contributed by atoms with Gasteiger partial charge in [0.25, 0.3) is 0 Å². The van der Waals surface area contributed by atoms with Crippen molar-refractivity contribution in [2.24, 2.45) is 0 Å². The standard InChI is InChI=1S/C16H12BrClFNO/c1-2-8-21-15-7-6-12(17)9-11(15)10-20-16-13(18)4-3-5-14(16)19/h1,3-7,9,20H,8,10H2. The number of terminal acetylenes is 1. The number of anilines is 1. The van der Waals surface area contributed by atoms with Gasteiger partial charge in [0.2, 0.25) is 0 Å². The third kappa shape index (κ3) is 4.13. The second-order valence-electron chi connectivity index (χ2n) is 4.20. The third-order valence-electron chi connectivity index (χ3n) is 2.75. The van der Waals surface area contributed by atoms with E-state index < -0.39 is 5.82 Å². The molecule has 2 aromatic rings. The molecule has 0 spiro atoms. The third-order valence-corrected chi connectivity index (χ3v) is 3.56. The van der Waals surface area contributed by atoms with Crippen molar-refractivity contribution in [3.05, 3.63) is 57.3 Å². The zero-order valence-corrected chi connectivity index (χ0v) is 13.3. The van der Waals surface area contributed by atoms with Crippen LogP contribution in [0.2, 0.25) is 5.02 Å². The Hall–Kier alpha value is -1.70. The van der Waals surface area contributed by atoms with Crippen LogP contribution in [0.1, 0.15) is 5.56 Å². The van der Waals surface area contributed by atoms with Crippen LogP contribution in [0.3, 0.4) is 0 Å². The van der Waals surface area contributed by atoms with Gasteiger partial charge in [-0.15, -0.1) is 6.42 Å². The average Bonchev–Trinajstić information content (AvgIpc) is 2.46. The molecule has 0 heterocycles. The second-order valence-corrected chi connectivity index (χ2v) is 5.52. The summed E-state index contributed by atoms with van der Waals surface area (Å²) in [6, 6.07) is 10.1. The number of halogens is 3. The Balaban J connectivity index is 2.19. The van der Waals surface area contributed by atoms with Gasteiger partial charge in [0.05, 0.1) is 10.7 Å². The van der Waals surface area contributed by atoms with Crippen LogP contribution >= 0.6 is 27.5 Å². The lowest BCUT2D eigenvalue weighted by Gasteiger charge is -2.13. The van der Waals surface area contributed by atoms with E-state index in [1.807, 2.05) is 12.1 Å². The van der Waals surface area contributed by atoms with Crippen LogP contribution in [0.5, 0.6) is 5.75 Å². The number of hydrogen-bond acceptors (Lipinski definition) is 2. The fourth-order valence-electron chi connectivity index (χ4n) is 1.80. The first-order valence-corrected chi connectivity index (χ1v) is 7.31. The summed E-state index contributed by atoms with van der Waals surface area (Å²) in [5.74, 6) is 2.66. The highest BCUT2D eigenvalue weighted by Gasteiger charge is 2.09. The van der Waals surface area contributed by atoms with Crippen LogP contribution in [0.4, 0.5) is 10.1 Å². The average molecular weight is 369 g/mol. The lowest BCUT2D eigenvalue weighted by Crippen LogP contribution is -2.05. The summed E-state index contributed by atoms with van der Waals surface area (Å²) in [4.78, 5) is 0. The predicted octanol–water partition coefficient (Wildman–Crippen LogP) is 4.87. The summed E-state index contributed by atoms with van der Waals surface area (Å²) in [6.07, 6.45) is 5.19. The largest absolute Gasteiger partial charge is 0.481 e. The lowest BCUT2D eigenvalue weighted by molar-refractivity contribution is 0.366. The Bertz CT molecular complexity index is 664. The van der Waals surface area contributed by atoms with Gasteiger partial charge in [-0.2, -0.15) is 0 Å². The lowest BCUT2D eigenvalue weighted by atomic mass is 10.2. The molecule has 0 saturated carbocycles. The summed E-state index contributed by atoms with van der Waals surface area (Å²) in [6.45, 7) is 0.537. The minimum absolute atomic E-state index is 0.176. The Labute approximate surface area is 136 Å². The molecule has 0 unspecified atom stereocenters. The Kier molecular flexibility index (Phi) is 5.49. The van der Waals surface area contributed by atoms with E-state index >= 15 is 0 Å². The zero-order valence-electron chi connectivity index (χ0n) is 11.0. The summed E-state index contributed by atoms with van der Waals surface area (Å²) in [7, 11) is 0. The van der Waals surface area contributed by atoms with Crippen molar-refractivity contribution in [2.45, 2.75) is 6.54 Å². The number of para-hydroxylation sites is 1. The summed E-state index contributed by atoms with van der Waals surface area (Å²) in [5.41, 5.74) is 1.11. The zero-order chi connectivity index (χ0) is 15.2. The quantitative estimate of drug-likeness (QED) is 0.761. The molecule has 1 N–H and O–H groups in total. The number of rotatable bonds is 5.